The first-order chi connectivity index (χ1) is 8.11. The second-order valence-electron chi connectivity index (χ2n) is 3.48. The van der Waals surface area contributed by atoms with Crippen LogP contribution in [0, 0.1) is 5.82 Å². The van der Waals surface area contributed by atoms with Crippen molar-refractivity contribution in [2.75, 3.05) is 0 Å². The molecule has 2 rings (SSSR count). The smallest absolute Gasteiger partial charge is 0.150 e. The van der Waals surface area contributed by atoms with Gasteiger partial charge in [-0.1, -0.05) is 35.3 Å². The molecule has 0 saturated heterocycles. The third-order valence-corrected chi connectivity index (χ3v) is 2.86. The van der Waals surface area contributed by atoms with Gasteiger partial charge < -0.3 is 0 Å². The van der Waals surface area contributed by atoms with E-state index in [4.69, 9.17) is 23.2 Å². The van der Waals surface area contributed by atoms with Crippen LogP contribution in [0.4, 0.5) is 4.39 Å². The van der Waals surface area contributed by atoms with Crippen LogP contribution >= 0.6 is 23.2 Å². The predicted octanol–water partition coefficient (Wildman–Crippen LogP) is 4.61. The number of carbonyl (C=O) groups excluding carboxylic acids is 1. The van der Waals surface area contributed by atoms with E-state index in [1.54, 1.807) is 18.2 Å². The summed E-state index contributed by atoms with van der Waals surface area (Å²) < 4.78 is 12.8. The first kappa shape index (κ1) is 12.1. The Morgan fingerprint density at radius 2 is 1.71 bits per heavy atom. The van der Waals surface area contributed by atoms with Crippen LogP contribution in [0.2, 0.25) is 10.0 Å². The number of aldehydes is 1. The molecule has 86 valence electrons. The Hall–Kier alpha value is -1.38. The molecule has 4 heteroatoms. The van der Waals surface area contributed by atoms with E-state index in [-0.39, 0.29) is 5.82 Å². The summed E-state index contributed by atoms with van der Waals surface area (Å²) in [4.78, 5) is 11.0. The molecule has 0 N–H and O–H groups in total. The molecule has 1 nitrogen and oxygen atoms in total. The number of benzene rings is 2. The summed E-state index contributed by atoms with van der Waals surface area (Å²) in [6.07, 6.45) is 0.677. The summed E-state index contributed by atoms with van der Waals surface area (Å²) in [5.74, 6) is -0.341. The van der Waals surface area contributed by atoms with Gasteiger partial charge in [-0.15, -0.1) is 0 Å². The van der Waals surface area contributed by atoms with Gasteiger partial charge in [-0.3, -0.25) is 4.79 Å². The van der Waals surface area contributed by atoms with Crippen molar-refractivity contribution in [3.63, 3.8) is 0 Å². The summed E-state index contributed by atoms with van der Waals surface area (Å²) in [6, 6.07) is 8.84. The Kier molecular flexibility index (Phi) is 3.46. The van der Waals surface area contributed by atoms with Crippen molar-refractivity contribution in [1.82, 2.24) is 0 Å². The van der Waals surface area contributed by atoms with E-state index in [9.17, 15) is 9.18 Å². The average Bonchev–Trinajstić information content (AvgIpc) is 2.30. The molecule has 0 aliphatic carbocycles. The van der Waals surface area contributed by atoms with E-state index < -0.39 is 0 Å². The van der Waals surface area contributed by atoms with Gasteiger partial charge in [-0.25, -0.2) is 4.39 Å². The molecular weight excluding hydrogens is 262 g/mol. The molecule has 0 aliphatic rings. The highest BCUT2D eigenvalue weighted by Gasteiger charge is 2.11. The minimum atomic E-state index is -0.341. The first-order valence-electron chi connectivity index (χ1n) is 4.82. The van der Waals surface area contributed by atoms with Crippen LogP contribution in [0.25, 0.3) is 11.1 Å². The molecular formula is C13H7Cl2FO. The topological polar surface area (TPSA) is 17.1 Å². The molecule has 17 heavy (non-hydrogen) atoms. The fourth-order valence-corrected chi connectivity index (χ4v) is 2.23. The van der Waals surface area contributed by atoms with Crippen LogP contribution in [-0.4, -0.2) is 6.29 Å². The maximum absolute atomic E-state index is 12.8. The van der Waals surface area contributed by atoms with Crippen molar-refractivity contribution in [1.29, 1.82) is 0 Å². The van der Waals surface area contributed by atoms with Crippen molar-refractivity contribution >= 4 is 29.5 Å². The fraction of sp³-hybridized carbons (Fsp3) is 0. The van der Waals surface area contributed by atoms with Gasteiger partial charge >= 0.3 is 0 Å². The van der Waals surface area contributed by atoms with Crippen molar-refractivity contribution in [2.24, 2.45) is 0 Å². The van der Waals surface area contributed by atoms with Gasteiger partial charge in [0.15, 0.2) is 6.29 Å². The van der Waals surface area contributed by atoms with E-state index in [2.05, 4.69) is 0 Å². The van der Waals surface area contributed by atoms with Gasteiger partial charge in [0.05, 0.1) is 5.02 Å². The molecule has 2 aromatic carbocycles. The van der Waals surface area contributed by atoms with Crippen molar-refractivity contribution in [3.05, 3.63) is 57.8 Å². The van der Waals surface area contributed by atoms with Gasteiger partial charge in [0.1, 0.15) is 5.82 Å². The van der Waals surface area contributed by atoms with Crippen LogP contribution in [0.1, 0.15) is 10.4 Å². The molecule has 2 aromatic rings. The maximum Gasteiger partial charge on any atom is 0.150 e. The van der Waals surface area contributed by atoms with Crippen LogP contribution in [-0.2, 0) is 0 Å². The first-order valence-corrected chi connectivity index (χ1v) is 5.57. The zero-order valence-electron chi connectivity index (χ0n) is 8.58. The Bertz CT molecular complexity index is 564. The average molecular weight is 269 g/mol. The van der Waals surface area contributed by atoms with E-state index in [0.29, 0.717) is 33.0 Å². The van der Waals surface area contributed by atoms with Crippen molar-refractivity contribution < 1.29 is 9.18 Å². The number of hydrogen-bond donors (Lipinski definition) is 0. The number of halogens is 3. The standard InChI is InChI=1S/C13H7Cl2FO/c14-10-5-9(7-17)13(12(15)6-10)8-1-3-11(16)4-2-8/h1-7H. The molecule has 0 amide bonds. The summed E-state index contributed by atoms with van der Waals surface area (Å²) >= 11 is 11.9. The van der Waals surface area contributed by atoms with Crippen LogP contribution < -0.4 is 0 Å². The zero-order chi connectivity index (χ0) is 12.4. The summed E-state index contributed by atoms with van der Waals surface area (Å²) in [5.41, 5.74) is 1.62. The van der Waals surface area contributed by atoms with Crippen LogP contribution in [0.3, 0.4) is 0 Å². The molecule has 0 aromatic heterocycles. The lowest BCUT2D eigenvalue weighted by Gasteiger charge is -2.08. The second kappa shape index (κ2) is 4.86. The molecule has 0 fully saturated rings. The highest BCUT2D eigenvalue weighted by molar-refractivity contribution is 6.37. The van der Waals surface area contributed by atoms with Gasteiger partial charge in [0.2, 0.25) is 0 Å². The second-order valence-corrected chi connectivity index (χ2v) is 4.32. The molecule has 0 unspecified atom stereocenters. The van der Waals surface area contributed by atoms with E-state index in [0.717, 1.165) is 0 Å². The number of carbonyl (C=O) groups is 1. The summed E-state index contributed by atoms with van der Waals surface area (Å²) in [7, 11) is 0. The Morgan fingerprint density at radius 1 is 1.06 bits per heavy atom. The predicted molar refractivity (Wildman–Crippen MR) is 67.2 cm³/mol. The van der Waals surface area contributed by atoms with Gasteiger partial charge in [0.25, 0.3) is 0 Å². The van der Waals surface area contributed by atoms with E-state index >= 15 is 0 Å². The monoisotopic (exact) mass is 268 g/mol. The molecule has 0 heterocycles. The number of hydrogen-bond acceptors (Lipinski definition) is 1. The minimum absolute atomic E-state index is 0.341. The minimum Gasteiger partial charge on any atom is -0.298 e. The molecule has 0 radical (unpaired) electrons. The van der Waals surface area contributed by atoms with Gasteiger partial charge in [-0.2, -0.15) is 0 Å². The van der Waals surface area contributed by atoms with Gasteiger partial charge in [0, 0.05) is 16.1 Å². The molecule has 0 atom stereocenters. The van der Waals surface area contributed by atoms with E-state index in [1.807, 2.05) is 0 Å². The third kappa shape index (κ3) is 2.48. The Morgan fingerprint density at radius 3 is 2.29 bits per heavy atom. The molecule has 0 aliphatic heterocycles. The van der Waals surface area contributed by atoms with Crippen molar-refractivity contribution in [2.45, 2.75) is 0 Å². The van der Waals surface area contributed by atoms with Crippen LogP contribution in [0.5, 0.6) is 0 Å². The summed E-state index contributed by atoms with van der Waals surface area (Å²) in [6.45, 7) is 0. The quantitative estimate of drug-likeness (QED) is 0.727. The Balaban J connectivity index is 2.65. The van der Waals surface area contributed by atoms with E-state index in [1.165, 1.54) is 18.2 Å². The lowest BCUT2D eigenvalue weighted by atomic mass is 10.0. The highest BCUT2D eigenvalue weighted by atomic mass is 35.5. The number of rotatable bonds is 2. The largest absolute Gasteiger partial charge is 0.298 e. The molecule has 0 bridgehead atoms. The van der Waals surface area contributed by atoms with Gasteiger partial charge in [-0.05, 0) is 29.8 Å². The lowest BCUT2D eigenvalue weighted by molar-refractivity contribution is 0.112. The Labute approximate surface area is 108 Å². The normalized spacial score (nSPS) is 10.3. The molecule has 0 saturated carbocycles. The zero-order valence-corrected chi connectivity index (χ0v) is 10.1. The lowest BCUT2D eigenvalue weighted by Crippen LogP contribution is -1.89. The maximum atomic E-state index is 12.8. The summed E-state index contributed by atoms with van der Waals surface area (Å²) in [5, 5.41) is 0.758. The van der Waals surface area contributed by atoms with Crippen molar-refractivity contribution in [3.8, 4) is 11.1 Å². The van der Waals surface area contributed by atoms with Crippen LogP contribution in [0.15, 0.2) is 36.4 Å². The SMILES string of the molecule is O=Cc1cc(Cl)cc(Cl)c1-c1ccc(F)cc1. The highest BCUT2D eigenvalue weighted by Crippen LogP contribution is 2.33. The third-order valence-electron chi connectivity index (χ3n) is 2.35. The molecule has 0 spiro atoms. The fourth-order valence-electron chi connectivity index (χ4n) is 1.61.